The van der Waals surface area contributed by atoms with Crippen molar-refractivity contribution >= 4 is 22.6 Å². The highest BCUT2D eigenvalue weighted by Gasteiger charge is 2.39. The topological polar surface area (TPSA) is 9.23 Å². The maximum Gasteiger partial charge on any atom is 0.144 e. The van der Waals surface area contributed by atoms with Crippen LogP contribution in [0.15, 0.2) is 101 Å². The second-order valence-corrected chi connectivity index (χ2v) is 7.62. The Morgan fingerprint density at radius 3 is 1.57 bits per heavy atom. The molecule has 0 heterocycles. The van der Waals surface area contributed by atoms with Crippen molar-refractivity contribution in [1.29, 1.82) is 0 Å². The predicted molar refractivity (Wildman–Crippen MR) is 127 cm³/mol. The van der Waals surface area contributed by atoms with E-state index in [4.69, 9.17) is 4.74 Å². The average molecular weight is 482 g/mol. The molecule has 0 saturated carbocycles. The van der Waals surface area contributed by atoms with Gasteiger partial charge in [0, 0.05) is 0 Å². The minimum absolute atomic E-state index is 0.0393. The van der Waals surface area contributed by atoms with Gasteiger partial charge in [-0.25, -0.2) is 0 Å². The third-order valence-corrected chi connectivity index (χ3v) is 5.41. The van der Waals surface area contributed by atoms with Crippen molar-refractivity contribution in [3.05, 3.63) is 118 Å². The zero-order chi connectivity index (χ0) is 19.7. The van der Waals surface area contributed by atoms with E-state index in [1.807, 2.05) is 0 Å². The van der Waals surface area contributed by atoms with Crippen LogP contribution in [0.4, 0.5) is 0 Å². The monoisotopic (exact) mass is 482 g/mol. The molecule has 1 atom stereocenters. The summed E-state index contributed by atoms with van der Waals surface area (Å²) in [4.78, 5) is 0. The van der Waals surface area contributed by atoms with Gasteiger partial charge in [0.05, 0.1) is 6.10 Å². The van der Waals surface area contributed by atoms with Crippen LogP contribution in [-0.4, -0.2) is 6.10 Å². The quantitative estimate of drug-likeness (QED) is 0.227. The van der Waals surface area contributed by atoms with E-state index < -0.39 is 5.60 Å². The van der Waals surface area contributed by atoms with E-state index in [0.717, 1.165) is 36.0 Å². The summed E-state index contributed by atoms with van der Waals surface area (Å²) in [6, 6.07) is 31.8. The molecular weight excluding hydrogens is 455 g/mol. The lowest BCUT2D eigenvalue weighted by Gasteiger charge is -2.38. The van der Waals surface area contributed by atoms with Crippen molar-refractivity contribution in [2.24, 2.45) is 0 Å². The molecule has 0 aliphatic heterocycles. The van der Waals surface area contributed by atoms with E-state index in [1.165, 1.54) is 0 Å². The predicted octanol–water partition coefficient (Wildman–Crippen LogP) is 7.50. The Bertz CT molecular complexity index is 747. The molecule has 0 bridgehead atoms. The molecule has 0 aliphatic carbocycles. The van der Waals surface area contributed by atoms with Crippen molar-refractivity contribution < 1.29 is 4.74 Å². The largest absolute Gasteiger partial charge is 0.354 e. The van der Waals surface area contributed by atoms with Gasteiger partial charge < -0.3 is 4.74 Å². The molecule has 3 aromatic carbocycles. The van der Waals surface area contributed by atoms with Crippen molar-refractivity contribution in [2.75, 3.05) is 0 Å². The van der Waals surface area contributed by atoms with Crippen molar-refractivity contribution in [3.8, 4) is 0 Å². The van der Waals surface area contributed by atoms with Crippen LogP contribution in [-0.2, 0) is 10.3 Å². The summed E-state index contributed by atoms with van der Waals surface area (Å²) in [5.74, 6) is 0. The van der Waals surface area contributed by atoms with Crippen LogP contribution in [0.1, 0.15) is 42.9 Å². The van der Waals surface area contributed by atoms with Gasteiger partial charge in [-0.05, 0) is 33.3 Å². The first-order chi connectivity index (χ1) is 13.8. The Morgan fingerprint density at radius 2 is 1.21 bits per heavy atom. The summed E-state index contributed by atoms with van der Waals surface area (Å²) < 4.78 is 9.12. The summed E-state index contributed by atoms with van der Waals surface area (Å²) in [7, 11) is 0. The summed E-state index contributed by atoms with van der Waals surface area (Å²) in [6.45, 7) is 2.23. The van der Waals surface area contributed by atoms with Crippen LogP contribution in [0.25, 0.3) is 0 Å². The highest BCUT2D eigenvalue weighted by atomic mass is 127. The van der Waals surface area contributed by atoms with Crippen molar-refractivity contribution in [1.82, 2.24) is 0 Å². The second kappa shape index (κ2) is 10.6. The normalized spacial score (nSPS) is 12.9. The summed E-state index contributed by atoms with van der Waals surface area (Å²) in [5, 5.41) is 0. The molecule has 144 valence electrons. The van der Waals surface area contributed by atoms with E-state index in [1.54, 1.807) is 0 Å². The Hall–Kier alpha value is -1.91. The molecule has 0 saturated heterocycles. The highest BCUT2D eigenvalue weighted by Crippen LogP contribution is 2.42. The fourth-order valence-corrected chi connectivity index (χ4v) is 4.09. The van der Waals surface area contributed by atoms with Crippen molar-refractivity contribution in [3.63, 3.8) is 0 Å². The molecule has 0 fully saturated rings. The van der Waals surface area contributed by atoms with Gasteiger partial charge in [0.2, 0.25) is 0 Å². The number of unbranched alkanes of at least 4 members (excludes halogenated alkanes) is 1. The highest BCUT2D eigenvalue weighted by molar-refractivity contribution is 14.1. The van der Waals surface area contributed by atoms with Gasteiger partial charge in [-0.15, -0.1) is 0 Å². The van der Waals surface area contributed by atoms with E-state index in [9.17, 15) is 0 Å². The third-order valence-electron chi connectivity index (χ3n) is 5.00. The molecule has 2 heteroatoms. The molecule has 0 radical (unpaired) electrons. The van der Waals surface area contributed by atoms with E-state index >= 15 is 0 Å². The number of ether oxygens (including phenoxy) is 1. The van der Waals surface area contributed by atoms with Gasteiger partial charge in [-0.2, -0.15) is 0 Å². The van der Waals surface area contributed by atoms with Gasteiger partial charge in [-0.1, -0.05) is 133 Å². The maximum atomic E-state index is 7.05. The van der Waals surface area contributed by atoms with Crippen LogP contribution in [0.3, 0.4) is 0 Å². The number of benzene rings is 3. The van der Waals surface area contributed by atoms with E-state index in [-0.39, 0.29) is 6.10 Å². The summed E-state index contributed by atoms with van der Waals surface area (Å²) in [5.41, 5.74) is 2.79. The smallest absolute Gasteiger partial charge is 0.144 e. The van der Waals surface area contributed by atoms with Gasteiger partial charge >= 0.3 is 0 Å². The van der Waals surface area contributed by atoms with Gasteiger partial charge in [-0.3, -0.25) is 0 Å². The van der Waals surface area contributed by atoms with E-state index in [2.05, 4.69) is 131 Å². The molecule has 0 aromatic heterocycles. The van der Waals surface area contributed by atoms with Crippen LogP contribution in [0, 0.1) is 0 Å². The first-order valence-corrected chi connectivity index (χ1v) is 11.2. The number of halogens is 1. The second-order valence-electron chi connectivity index (χ2n) is 6.90. The molecule has 3 aromatic rings. The first-order valence-electron chi connectivity index (χ1n) is 9.92. The first kappa shape index (κ1) is 20.8. The molecule has 28 heavy (non-hydrogen) atoms. The van der Waals surface area contributed by atoms with E-state index in [0.29, 0.717) is 0 Å². The molecule has 3 rings (SSSR count). The fraction of sp³-hybridized carbons (Fsp3) is 0.231. The maximum absolute atomic E-state index is 7.05. The van der Waals surface area contributed by atoms with Crippen LogP contribution in [0.5, 0.6) is 0 Å². The molecule has 0 spiro atoms. The zero-order valence-electron chi connectivity index (χ0n) is 16.3. The fourth-order valence-electron chi connectivity index (χ4n) is 3.63. The lowest BCUT2D eigenvalue weighted by atomic mass is 9.79. The molecule has 0 N–H and O–H groups in total. The Kier molecular flexibility index (Phi) is 7.87. The standard InChI is InChI=1S/C26H27IO/c1-2-3-19-25(20-21-27)28-26(22-13-7-4-8-14-22,23-15-9-5-10-16-23)24-17-11-6-12-18-24/h4-18,20-21,25H,2-3,19H2,1H3/b21-20+. The molecule has 1 nitrogen and oxygen atoms in total. The molecule has 0 aliphatic rings. The number of hydrogen-bond acceptors (Lipinski definition) is 1. The minimum Gasteiger partial charge on any atom is -0.354 e. The molecule has 1 unspecified atom stereocenters. The summed E-state index contributed by atoms with van der Waals surface area (Å²) in [6.07, 6.45) is 5.52. The van der Waals surface area contributed by atoms with Crippen molar-refractivity contribution in [2.45, 2.75) is 37.9 Å². The molecular formula is C26H27IO. The minimum atomic E-state index is -0.654. The van der Waals surface area contributed by atoms with Crippen LogP contribution >= 0.6 is 22.6 Å². The summed E-state index contributed by atoms with van der Waals surface area (Å²) >= 11 is 2.29. The lowest BCUT2D eigenvalue weighted by Crippen LogP contribution is -2.36. The Labute approximate surface area is 182 Å². The third kappa shape index (κ3) is 4.73. The lowest BCUT2D eigenvalue weighted by molar-refractivity contribution is -0.0283. The van der Waals surface area contributed by atoms with Gasteiger partial charge in [0.15, 0.2) is 0 Å². The van der Waals surface area contributed by atoms with Gasteiger partial charge in [0.1, 0.15) is 5.60 Å². The number of rotatable bonds is 9. The molecule has 0 amide bonds. The SMILES string of the molecule is CCCCC(/C=C/I)OC(c1ccccc1)(c1ccccc1)c1ccccc1. The van der Waals surface area contributed by atoms with Gasteiger partial charge in [0.25, 0.3) is 0 Å². The number of hydrogen-bond donors (Lipinski definition) is 0. The van der Waals surface area contributed by atoms with Crippen LogP contribution in [0.2, 0.25) is 0 Å². The Morgan fingerprint density at radius 1 is 0.786 bits per heavy atom. The average Bonchev–Trinajstić information content (AvgIpc) is 2.77. The van der Waals surface area contributed by atoms with Crippen LogP contribution < -0.4 is 0 Å². The Balaban J connectivity index is 2.21. The zero-order valence-corrected chi connectivity index (χ0v) is 18.5.